The van der Waals surface area contributed by atoms with Gasteiger partial charge in [-0.2, -0.15) is 20.1 Å². The number of nitrogens with zero attached hydrogens (tertiary/aromatic N) is 6. The van der Waals surface area contributed by atoms with Crippen LogP contribution in [0, 0.1) is 29.1 Å². The minimum atomic E-state index is -2.24. The van der Waals surface area contributed by atoms with E-state index in [0.717, 1.165) is 0 Å². The third-order valence-corrected chi connectivity index (χ3v) is 4.80. The van der Waals surface area contributed by atoms with Crippen molar-refractivity contribution in [3.8, 4) is 0 Å². The number of morpholine rings is 2. The third-order valence-electron chi connectivity index (χ3n) is 4.80. The lowest BCUT2D eigenvalue weighted by Gasteiger charge is -2.30. The van der Waals surface area contributed by atoms with E-state index >= 15 is 0 Å². The van der Waals surface area contributed by atoms with Gasteiger partial charge in [-0.3, -0.25) is 0 Å². The normalized spacial score (nSPS) is 17.3. The number of hydrazone groups is 1. The van der Waals surface area contributed by atoms with Crippen molar-refractivity contribution >= 4 is 24.1 Å². The molecule has 0 spiro atoms. The van der Waals surface area contributed by atoms with Crippen molar-refractivity contribution in [2.75, 3.05) is 67.8 Å². The van der Waals surface area contributed by atoms with Crippen LogP contribution in [0.15, 0.2) is 5.10 Å². The van der Waals surface area contributed by atoms with Crippen molar-refractivity contribution in [3.05, 3.63) is 34.6 Å². The first-order valence-corrected chi connectivity index (χ1v) is 9.67. The monoisotopic (exact) mass is 459 g/mol. The van der Waals surface area contributed by atoms with E-state index in [9.17, 15) is 22.0 Å². The lowest BCUT2D eigenvalue weighted by atomic mass is 10.2. The Morgan fingerprint density at radius 3 is 1.59 bits per heavy atom. The van der Waals surface area contributed by atoms with Crippen LogP contribution >= 0.6 is 0 Å². The fourth-order valence-corrected chi connectivity index (χ4v) is 3.10. The van der Waals surface area contributed by atoms with E-state index in [4.69, 9.17) is 9.47 Å². The Morgan fingerprint density at radius 1 is 0.688 bits per heavy atom. The van der Waals surface area contributed by atoms with E-state index in [1.165, 1.54) is 0 Å². The molecule has 0 radical (unpaired) electrons. The first kappa shape index (κ1) is 22.1. The number of halogens is 5. The Kier molecular flexibility index (Phi) is 6.60. The van der Waals surface area contributed by atoms with E-state index in [1.807, 2.05) is 9.80 Å². The highest BCUT2D eigenvalue weighted by molar-refractivity contribution is 5.81. The summed E-state index contributed by atoms with van der Waals surface area (Å²) in [5.41, 5.74) is 1.19. The zero-order valence-corrected chi connectivity index (χ0v) is 16.6. The molecule has 0 aliphatic carbocycles. The fraction of sp³-hybridized carbons (Fsp3) is 0.444. The highest BCUT2D eigenvalue weighted by atomic mass is 19.2. The minimum absolute atomic E-state index is 0.0666. The molecule has 0 amide bonds. The predicted octanol–water partition coefficient (Wildman–Crippen LogP) is 1.69. The Balaban J connectivity index is 1.61. The Bertz CT molecular complexity index is 948. The van der Waals surface area contributed by atoms with Crippen molar-refractivity contribution in [2.24, 2.45) is 5.10 Å². The summed E-state index contributed by atoms with van der Waals surface area (Å²) in [6.07, 6.45) is 0.475. The number of aromatic nitrogens is 3. The molecule has 172 valence electrons. The number of hydrogen-bond donors (Lipinski definition) is 1. The smallest absolute Gasteiger partial charge is 0.250 e. The summed E-state index contributed by atoms with van der Waals surface area (Å²) in [5, 5.41) is 3.57. The van der Waals surface area contributed by atoms with Crippen LogP contribution < -0.4 is 15.2 Å². The maximum atomic E-state index is 13.8. The summed E-state index contributed by atoms with van der Waals surface area (Å²) < 4.78 is 78.2. The van der Waals surface area contributed by atoms with Gasteiger partial charge in [-0.05, 0) is 0 Å². The van der Waals surface area contributed by atoms with Crippen LogP contribution in [0.2, 0.25) is 0 Å². The molecule has 2 fully saturated rings. The molecule has 1 N–H and O–H groups in total. The Labute approximate surface area is 178 Å². The van der Waals surface area contributed by atoms with Crippen LogP contribution in [0.3, 0.4) is 0 Å². The van der Waals surface area contributed by atoms with Crippen LogP contribution in [0.5, 0.6) is 0 Å². The second-order valence-electron chi connectivity index (χ2n) is 6.81. The molecule has 2 aliphatic rings. The van der Waals surface area contributed by atoms with Crippen LogP contribution in [0.1, 0.15) is 5.56 Å². The number of hydrogen-bond acceptors (Lipinski definition) is 9. The highest BCUT2D eigenvalue weighted by Gasteiger charge is 2.25. The summed E-state index contributed by atoms with van der Waals surface area (Å²) >= 11 is 0. The molecule has 1 aromatic heterocycles. The largest absolute Gasteiger partial charge is 0.378 e. The van der Waals surface area contributed by atoms with E-state index < -0.39 is 34.6 Å². The molecule has 4 rings (SSSR count). The SMILES string of the molecule is Fc1c(F)c(F)c(/C=N\Nc2nc(N3CCOCC3)nc(N3CCOCC3)n2)c(F)c1F. The van der Waals surface area contributed by atoms with Gasteiger partial charge in [0.25, 0.3) is 0 Å². The lowest BCUT2D eigenvalue weighted by Crippen LogP contribution is -2.40. The first-order chi connectivity index (χ1) is 15.5. The maximum absolute atomic E-state index is 13.8. The minimum Gasteiger partial charge on any atom is -0.378 e. The summed E-state index contributed by atoms with van der Waals surface area (Å²) in [5.74, 6) is -9.76. The number of rotatable bonds is 5. The van der Waals surface area contributed by atoms with Gasteiger partial charge >= 0.3 is 0 Å². The van der Waals surface area contributed by atoms with Gasteiger partial charge in [-0.15, -0.1) is 0 Å². The summed E-state index contributed by atoms with van der Waals surface area (Å²) in [4.78, 5) is 16.7. The van der Waals surface area contributed by atoms with Gasteiger partial charge in [0, 0.05) is 26.2 Å². The lowest BCUT2D eigenvalue weighted by molar-refractivity contribution is 0.121. The maximum Gasteiger partial charge on any atom is 0.250 e. The summed E-state index contributed by atoms with van der Waals surface area (Å²) in [6.45, 7) is 4.11. The quantitative estimate of drug-likeness (QED) is 0.238. The Hall–Kier alpha value is -3.13. The average molecular weight is 459 g/mol. The second-order valence-corrected chi connectivity index (χ2v) is 6.81. The number of anilines is 3. The molecule has 2 aromatic rings. The molecule has 2 aliphatic heterocycles. The number of ether oxygens (including phenoxy) is 2. The molecular weight excluding hydrogens is 441 g/mol. The zero-order valence-electron chi connectivity index (χ0n) is 16.6. The molecule has 9 nitrogen and oxygen atoms in total. The van der Waals surface area contributed by atoms with Gasteiger partial charge in [-0.1, -0.05) is 0 Å². The molecule has 0 atom stereocenters. The molecule has 1 aromatic carbocycles. The van der Waals surface area contributed by atoms with Crippen LogP contribution in [0.25, 0.3) is 0 Å². The van der Waals surface area contributed by atoms with E-state index in [0.29, 0.717) is 70.7 Å². The Morgan fingerprint density at radius 2 is 1.12 bits per heavy atom. The number of nitrogens with one attached hydrogen (secondary N) is 1. The molecule has 0 unspecified atom stereocenters. The number of benzene rings is 1. The van der Waals surface area contributed by atoms with Crippen LogP contribution in [-0.4, -0.2) is 73.8 Å². The summed E-state index contributed by atoms with van der Waals surface area (Å²) in [7, 11) is 0. The standard InChI is InChI=1S/C18H18F5N7O2/c19-11-10(12(20)14(22)15(23)13(11)21)9-24-28-16-25-17(29-1-5-31-6-2-29)27-18(26-16)30-3-7-32-8-4-30/h9H,1-8H2,(H,25,26,27,28)/b24-9-. The van der Waals surface area contributed by atoms with Crippen molar-refractivity contribution in [2.45, 2.75) is 0 Å². The molecule has 2 saturated heterocycles. The fourth-order valence-electron chi connectivity index (χ4n) is 3.10. The van der Waals surface area contributed by atoms with Gasteiger partial charge < -0.3 is 19.3 Å². The molecule has 0 bridgehead atoms. The molecule has 0 saturated carbocycles. The summed E-state index contributed by atoms with van der Waals surface area (Å²) in [6, 6.07) is 0. The highest BCUT2D eigenvalue weighted by Crippen LogP contribution is 2.22. The van der Waals surface area contributed by atoms with Gasteiger partial charge in [0.05, 0.1) is 38.2 Å². The van der Waals surface area contributed by atoms with E-state index in [1.54, 1.807) is 0 Å². The average Bonchev–Trinajstić information content (AvgIpc) is 2.84. The van der Waals surface area contributed by atoms with Gasteiger partial charge in [-0.25, -0.2) is 27.4 Å². The topological polar surface area (TPSA) is 88.0 Å². The van der Waals surface area contributed by atoms with Crippen LogP contribution in [0.4, 0.5) is 39.8 Å². The van der Waals surface area contributed by atoms with Gasteiger partial charge in [0.15, 0.2) is 23.3 Å². The molecule has 14 heteroatoms. The van der Waals surface area contributed by atoms with Crippen molar-refractivity contribution in [1.29, 1.82) is 0 Å². The van der Waals surface area contributed by atoms with Gasteiger partial charge in [0.1, 0.15) is 0 Å². The van der Waals surface area contributed by atoms with E-state index in [2.05, 4.69) is 25.5 Å². The van der Waals surface area contributed by atoms with E-state index in [-0.39, 0.29) is 5.95 Å². The first-order valence-electron chi connectivity index (χ1n) is 9.67. The predicted molar refractivity (Wildman–Crippen MR) is 103 cm³/mol. The molecule has 32 heavy (non-hydrogen) atoms. The van der Waals surface area contributed by atoms with Gasteiger partial charge in [0.2, 0.25) is 23.7 Å². The van der Waals surface area contributed by atoms with Crippen molar-refractivity contribution in [3.63, 3.8) is 0 Å². The van der Waals surface area contributed by atoms with Crippen molar-refractivity contribution in [1.82, 2.24) is 15.0 Å². The molecular formula is C18H18F5N7O2. The van der Waals surface area contributed by atoms with Crippen LogP contribution in [-0.2, 0) is 9.47 Å². The molecule has 3 heterocycles. The van der Waals surface area contributed by atoms with Crippen molar-refractivity contribution < 1.29 is 31.4 Å². The second kappa shape index (κ2) is 9.56. The third kappa shape index (κ3) is 4.55. The zero-order chi connectivity index (χ0) is 22.7.